The van der Waals surface area contributed by atoms with Gasteiger partial charge >= 0.3 is 0 Å². The summed E-state index contributed by atoms with van der Waals surface area (Å²) in [7, 11) is 1.83. The minimum atomic E-state index is 0.0144. The summed E-state index contributed by atoms with van der Waals surface area (Å²) in [6, 6.07) is 23.9. The molecule has 0 spiro atoms. The van der Waals surface area contributed by atoms with E-state index in [0.29, 0.717) is 31.4 Å². The number of likely N-dealkylation sites (N-methyl/N-ethyl adjacent to an activating group) is 1. The number of furan rings is 3. The van der Waals surface area contributed by atoms with Crippen molar-refractivity contribution in [3.05, 3.63) is 142 Å². The predicted octanol–water partition coefficient (Wildman–Crippen LogP) is 16.2. The van der Waals surface area contributed by atoms with E-state index in [1.807, 2.05) is 136 Å². The summed E-state index contributed by atoms with van der Waals surface area (Å²) in [6.07, 6.45) is 3.55. The van der Waals surface area contributed by atoms with Gasteiger partial charge in [-0.2, -0.15) is 0 Å². The highest BCUT2D eigenvalue weighted by molar-refractivity contribution is 5.96. The molecule has 11 aromatic rings. The summed E-state index contributed by atoms with van der Waals surface area (Å²) >= 11 is 0. The Balaban J connectivity index is 0.000000158. The van der Waals surface area contributed by atoms with Gasteiger partial charge in [0.25, 0.3) is 0 Å². The molecule has 0 atom stereocenters. The van der Waals surface area contributed by atoms with Crippen molar-refractivity contribution < 1.29 is 36.7 Å². The van der Waals surface area contributed by atoms with Gasteiger partial charge in [-0.15, -0.1) is 0 Å². The van der Waals surface area contributed by atoms with Gasteiger partial charge in [-0.05, 0) is 95.6 Å². The summed E-state index contributed by atoms with van der Waals surface area (Å²) in [6.45, 7) is 33.8. The van der Waals surface area contributed by atoms with Gasteiger partial charge in [0.05, 0.1) is 64.0 Å². The lowest BCUT2D eigenvalue weighted by Gasteiger charge is -2.32. The number of amides is 1. The Hall–Kier alpha value is -8.70. The van der Waals surface area contributed by atoms with E-state index in [1.54, 1.807) is 17.3 Å². The Morgan fingerprint density at radius 3 is 1.35 bits per heavy atom. The first-order valence-corrected chi connectivity index (χ1v) is 28.6. The topological polar surface area (TPSA) is 213 Å². The first kappa shape index (κ1) is 60.4. The standard InChI is InChI=1S/C22H22N2O3.C20H24N4O3.C20H19N3O2.2C2H6/c1-12(2)19-10-17-9-18(20-13(3)24-27-14(20)4)23-21(22(17)26-19)16-7-5-15(11-25)6-8-16;1-11(2)16-9-14-8-15(18-12(3)22-27-13(18)4)21-20(19(14)26-16)24-7-6-23(5)17(25)10-24;1-11(2)17-9-15-8-16(18-12(3)23-25-13(18)4)22-19(20(15)24-17)14-6-5-7-21-10-14;2*1-2/h5-10,12,25H,11H2,1-4H3;8-9,11H,6-7,10H2,1-5H3;5-11H,1-4H3;2*1-2H3. The number of aryl methyl sites for hydroxylation is 6. The number of carbonyl (C=O) groups is 1. The van der Waals surface area contributed by atoms with Crippen molar-refractivity contribution in [3.63, 3.8) is 0 Å². The van der Waals surface area contributed by atoms with Gasteiger partial charge in [-0.1, -0.05) is 109 Å². The maximum Gasteiger partial charge on any atom is 0.241 e. The Morgan fingerprint density at radius 1 is 0.542 bits per heavy atom. The molecule has 17 nitrogen and oxygen atoms in total. The Morgan fingerprint density at radius 2 is 0.964 bits per heavy atom. The molecular weight excluding hydrogens is 1050 g/mol. The van der Waals surface area contributed by atoms with Crippen LogP contribution in [0.3, 0.4) is 0 Å². The molecule has 1 aliphatic rings. The molecular formula is C66H77N9O8. The molecule has 83 heavy (non-hydrogen) atoms. The second-order valence-electron chi connectivity index (χ2n) is 21.1. The molecule has 0 bridgehead atoms. The van der Waals surface area contributed by atoms with Crippen molar-refractivity contribution in [2.75, 3.05) is 31.6 Å². The Kier molecular flexibility index (Phi) is 18.9. The molecule has 0 unspecified atom stereocenters. The molecule has 1 aliphatic heterocycles. The van der Waals surface area contributed by atoms with Gasteiger partial charge in [-0.25, -0.2) is 15.0 Å². The average Bonchev–Trinajstić information content (AvgIpc) is 3.52. The van der Waals surface area contributed by atoms with Crippen LogP contribution in [0.5, 0.6) is 0 Å². The fourth-order valence-electron chi connectivity index (χ4n) is 9.79. The van der Waals surface area contributed by atoms with Gasteiger partial charge < -0.3 is 41.7 Å². The molecule has 0 saturated carbocycles. The van der Waals surface area contributed by atoms with Crippen molar-refractivity contribution >= 4 is 44.6 Å². The highest BCUT2D eigenvalue weighted by atomic mass is 16.5. The van der Waals surface area contributed by atoms with Crippen LogP contribution in [0, 0.1) is 41.5 Å². The van der Waals surface area contributed by atoms with Crippen LogP contribution in [0.15, 0.2) is 112 Å². The first-order chi connectivity index (χ1) is 39.9. The summed E-state index contributed by atoms with van der Waals surface area (Å²) < 4.78 is 34.4. The number of carbonyl (C=O) groups excluding carboxylic acids is 1. The van der Waals surface area contributed by atoms with Crippen LogP contribution in [0.25, 0.3) is 89.2 Å². The van der Waals surface area contributed by atoms with Gasteiger partial charge in [0, 0.05) is 77.6 Å². The molecule has 0 radical (unpaired) electrons. The molecule has 12 rings (SSSR count). The Bertz CT molecular complexity index is 3930. The van der Waals surface area contributed by atoms with E-state index in [1.165, 1.54) is 0 Å². The molecule has 1 amide bonds. The number of piperazine rings is 1. The normalized spacial score (nSPS) is 12.4. The largest absolute Gasteiger partial charge is 0.458 e. The molecule has 11 heterocycles. The van der Waals surface area contributed by atoms with Crippen molar-refractivity contribution in [2.24, 2.45) is 0 Å². The second-order valence-corrected chi connectivity index (χ2v) is 21.1. The highest BCUT2D eigenvalue weighted by Gasteiger charge is 2.28. The number of aromatic nitrogens is 7. The molecule has 1 N–H and O–H groups in total. The van der Waals surface area contributed by atoms with E-state index in [4.69, 9.17) is 41.8 Å². The third-order valence-corrected chi connectivity index (χ3v) is 14.2. The third kappa shape index (κ3) is 12.7. The highest BCUT2D eigenvalue weighted by Crippen LogP contribution is 2.40. The molecule has 1 fully saturated rings. The Labute approximate surface area is 485 Å². The van der Waals surface area contributed by atoms with Crippen LogP contribution in [-0.2, 0) is 11.4 Å². The number of fused-ring (bicyclic) bond motifs is 3. The zero-order valence-corrected chi connectivity index (χ0v) is 51.0. The smallest absolute Gasteiger partial charge is 0.241 e. The molecule has 10 aromatic heterocycles. The maximum atomic E-state index is 12.3. The van der Waals surface area contributed by atoms with Crippen LogP contribution in [0.4, 0.5) is 5.82 Å². The maximum absolute atomic E-state index is 12.3. The number of anilines is 1. The minimum absolute atomic E-state index is 0.0144. The molecule has 1 saturated heterocycles. The number of hydrogen-bond acceptors (Lipinski definition) is 16. The molecule has 17 heteroatoms. The number of benzene rings is 1. The minimum Gasteiger partial charge on any atom is -0.458 e. The predicted molar refractivity (Wildman–Crippen MR) is 326 cm³/mol. The van der Waals surface area contributed by atoms with Crippen molar-refractivity contribution in [3.8, 4) is 56.3 Å². The van der Waals surface area contributed by atoms with Crippen molar-refractivity contribution in [1.29, 1.82) is 0 Å². The summed E-state index contributed by atoms with van der Waals surface area (Å²) in [5.41, 5.74) is 14.2. The van der Waals surface area contributed by atoms with Gasteiger partial charge in [0.15, 0.2) is 22.6 Å². The van der Waals surface area contributed by atoms with Gasteiger partial charge in [0.2, 0.25) is 5.91 Å². The number of nitrogens with zero attached hydrogens (tertiary/aromatic N) is 9. The first-order valence-electron chi connectivity index (χ1n) is 28.6. The van der Waals surface area contributed by atoms with Crippen LogP contribution < -0.4 is 4.90 Å². The third-order valence-electron chi connectivity index (χ3n) is 14.2. The van der Waals surface area contributed by atoms with Crippen LogP contribution >= 0.6 is 0 Å². The van der Waals surface area contributed by atoms with Gasteiger partial charge in [-0.3, -0.25) is 9.78 Å². The summed E-state index contributed by atoms with van der Waals surface area (Å²) in [4.78, 5) is 34.9. The number of aliphatic hydroxyl groups excluding tert-OH is 1. The lowest BCUT2D eigenvalue weighted by atomic mass is 10.0. The van der Waals surface area contributed by atoms with Gasteiger partial charge in [0.1, 0.15) is 45.9 Å². The van der Waals surface area contributed by atoms with Crippen LogP contribution in [-0.4, -0.2) is 78.0 Å². The fourth-order valence-corrected chi connectivity index (χ4v) is 9.79. The fraction of sp³-hybridized carbons (Fsp3) is 0.364. The van der Waals surface area contributed by atoms with E-state index < -0.39 is 0 Å². The summed E-state index contributed by atoms with van der Waals surface area (Å²) in [5, 5.41) is 24.5. The van der Waals surface area contributed by atoms with Crippen molar-refractivity contribution in [2.45, 2.75) is 135 Å². The zero-order valence-electron chi connectivity index (χ0n) is 51.0. The number of rotatable bonds is 10. The number of hydrogen-bond donors (Lipinski definition) is 1. The quantitative estimate of drug-likeness (QED) is 0.135. The van der Waals surface area contributed by atoms with Crippen molar-refractivity contribution in [1.82, 2.24) is 40.3 Å². The van der Waals surface area contributed by atoms with E-state index in [-0.39, 0.29) is 24.3 Å². The monoisotopic (exact) mass is 1120 g/mol. The van der Waals surface area contributed by atoms with E-state index in [2.05, 4.69) is 80.2 Å². The lowest BCUT2D eigenvalue weighted by molar-refractivity contribution is -0.129. The van der Waals surface area contributed by atoms with E-state index >= 15 is 0 Å². The molecule has 1 aromatic carbocycles. The number of aliphatic hydroxyl groups is 1. The molecule has 434 valence electrons. The van der Waals surface area contributed by atoms with E-state index in [9.17, 15) is 9.90 Å². The zero-order chi connectivity index (χ0) is 60.0. The second kappa shape index (κ2) is 26.0. The van der Waals surface area contributed by atoms with E-state index in [0.717, 1.165) is 146 Å². The SMILES string of the molecule is CC.CC.Cc1noc(C)c1-c1cc2cc(C(C)C)oc2c(-c2ccc(CO)cc2)n1.Cc1noc(C)c1-c1cc2cc(C(C)C)oc2c(-c2cccnc2)n1.Cc1noc(C)c1-c1cc2cc(C(C)C)oc2c(N2CCN(C)C(=O)C2)n1. The number of pyridine rings is 4. The molecule has 0 aliphatic carbocycles. The van der Waals surface area contributed by atoms with Crippen LogP contribution in [0.2, 0.25) is 0 Å². The lowest BCUT2D eigenvalue weighted by Crippen LogP contribution is -2.48. The average molecular weight is 1120 g/mol. The van der Waals surface area contributed by atoms with Crippen LogP contribution in [0.1, 0.15) is 144 Å². The summed E-state index contributed by atoms with van der Waals surface area (Å²) in [5.74, 6) is 6.64.